The summed E-state index contributed by atoms with van der Waals surface area (Å²) in [4.78, 5) is 22.9. The number of rotatable bonds is 9. The first kappa shape index (κ1) is 45.2. The maximum Gasteiger partial charge on any atom is 1.00 e. The normalized spacial score (nSPS) is 14.4. The van der Waals surface area contributed by atoms with Crippen LogP contribution in [0, 0.1) is 0 Å². The van der Waals surface area contributed by atoms with Crippen molar-refractivity contribution in [3.63, 3.8) is 0 Å². The molecule has 1 amide bonds. The van der Waals surface area contributed by atoms with Gasteiger partial charge < -0.3 is 19.3 Å². The van der Waals surface area contributed by atoms with Gasteiger partial charge >= 0.3 is 94.6 Å². The molecule has 0 bridgehead atoms. The van der Waals surface area contributed by atoms with Crippen LogP contribution in [0.5, 0.6) is 5.75 Å². The maximum absolute atomic E-state index is 13.4. The third kappa shape index (κ3) is 9.96. The Morgan fingerprint density at radius 2 is 1.26 bits per heavy atom. The second kappa shape index (κ2) is 18.2. The number of fused-ring (bicyclic) bond motifs is 1. The summed E-state index contributed by atoms with van der Waals surface area (Å²) in [7, 11) is -10.3. The van der Waals surface area contributed by atoms with Crippen molar-refractivity contribution >= 4 is 71.3 Å². The number of hydrazone groups is 1. The molecule has 54 heavy (non-hydrogen) atoms. The second-order valence-electron chi connectivity index (χ2n) is 11.0. The minimum absolute atomic E-state index is 0. The van der Waals surface area contributed by atoms with Gasteiger partial charge in [0.2, 0.25) is 0 Å². The Morgan fingerprint density at radius 1 is 0.722 bits per heavy atom. The molecule has 5 aromatic carbocycles. The van der Waals surface area contributed by atoms with Crippen molar-refractivity contribution in [1.29, 1.82) is 0 Å². The zero-order valence-corrected chi connectivity index (χ0v) is 36.6. The molecule has 1 N–H and O–H groups in total. The van der Waals surface area contributed by atoms with Crippen molar-refractivity contribution in [2.45, 2.75) is 22.8 Å². The number of carbonyl (C=O) groups excluding carboxylic acids is 1. The van der Waals surface area contributed by atoms with Gasteiger partial charge in [-0.3, -0.25) is 4.79 Å². The van der Waals surface area contributed by atoms with Crippen molar-refractivity contribution in [3.8, 4) is 16.9 Å². The van der Waals surface area contributed by atoms with Gasteiger partial charge in [-0.15, -0.1) is 0 Å². The van der Waals surface area contributed by atoms with Gasteiger partial charge in [0.05, 0.1) is 43.8 Å². The quantitative estimate of drug-likeness (QED) is 0.0871. The fourth-order valence-electron chi connectivity index (χ4n) is 5.16. The Kier molecular flexibility index (Phi) is 15.2. The van der Waals surface area contributed by atoms with E-state index in [1.54, 1.807) is 48.5 Å². The summed E-state index contributed by atoms with van der Waals surface area (Å²) < 4.78 is 72.0. The topological polar surface area (TPSA) is 257 Å². The molecule has 6 rings (SSSR count). The van der Waals surface area contributed by atoms with Gasteiger partial charge in [-0.25, -0.2) is 21.6 Å². The molecule has 16 nitrogen and oxygen atoms in total. The van der Waals surface area contributed by atoms with E-state index in [9.17, 15) is 40.6 Å². The summed E-state index contributed by atoms with van der Waals surface area (Å²) in [6.45, 7) is 1.48. The number of amides is 1. The van der Waals surface area contributed by atoms with Crippen molar-refractivity contribution in [3.05, 3.63) is 103 Å². The van der Waals surface area contributed by atoms with Crippen LogP contribution >= 0.6 is 0 Å². The first-order chi connectivity index (χ1) is 24.1. The summed E-state index contributed by atoms with van der Waals surface area (Å²) in [5.74, 6) is -2.76. The average Bonchev–Trinajstić information content (AvgIpc) is 3.37. The van der Waals surface area contributed by atoms with Gasteiger partial charge in [0.25, 0.3) is 5.91 Å². The van der Waals surface area contributed by atoms with E-state index in [0.29, 0.717) is 11.4 Å². The molecular formula is C33H21N6Na3O10S2. The van der Waals surface area contributed by atoms with E-state index in [2.05, 4.69) is 25.6 Å². The number of carboxylic acids is 1. The summed E-state index contributed by atoms with van der Waals surface area (Å²) in [6, 6.07) is 21.4. The smallest absolute Gasteiger partial charge is 0.872 e. The molecule has 1 aliphatic rings. The summed E-state index contributed by atoms with van der Waals surface area (Å²) in [5.41, 5.74) is 2.17. The Labute approximate surface area is 374 Å². The molecule has 1 unspecified atom stereocenters. The van der Waals surface area contributed by atoms with E-state index >= 15 is 0 Å². The molecule has 0 aliphatic carbocycles. The Hall–Kier alpha value is -3.21. The molecule has 0 saturated heterocycles. The van der Waals surface area contributed by atoms with Crippen LogP contribution in [0.4, 0.5) is 22.7 Å². The van der Waals surface area contributed by atoms with Gasteiger partial charge in [-0.05, 0) is 72.6 Å². The van der Waals surface area contributed by atoms with E-state index in [0.717, 1.165) is 52.5 Å². The number of benzene rings is 5. The number of anilines is 1. The molecule has 0 fully saturated rings. The molecule has 1 heterocycles. The van der Waals surface area contributed by atoms with Crippen molar-refractivity contribution < 1.29 is 134 Å². The van der Waals surface area contributed by atoms with E-state index in [-0.39, 0.29) is 117 Å². The van der Waals surface area contributed by atoms with Crippen LogP contribution in [0.15, 0.2) is 132 Å². The van der Waals surface area contributed by atoms with E-state index in [4.69, 9.17) is 5.11 Å². The monoisotopic (exact) mass is 794 g/mol. The van der Waals surface area contributed by atoms with Crippen molar-refractivity contribution in [2.75, 3.05) is 5.01 Å². The Bertz CT molecular complexity index is 2570. The summed E-state index contributed by atoms with van der Waals surface area (Å²) >= 11 is 0. The number of carboxylic acid groups (broad SMARTS) is 1. The largest absolute Gasteiger partial charge is 1.00 e. The zero-order valence-electron chi connectivity index (χ0n) is 28.9. The Balaban J connectivity index is 0.00000261. The van der Waals surface area contributed by atoms with Crippen LogP contribution in [-0.4, -0.2) is 54.7 Å². The molecule has 1 atom stereocenters. The minimum Gasteiger partial charge on any atom is -0.872 e. The van der Waals surface area contributed by atoms with Crippen LogP contribution in [0.3, 0.4) is 0 Å². The molecule has 0 saturated carbocycles. The standard InChI is InChI=1S/C33H24N6O10S2.3Na/c1-18-31(32(41)39(38-18)24-16-26-25(30(17-24)51(47,48)49)3-2-4-29(26)50(44,45)46)37-35-22-11-7-20(8-12-22)19-5-9-21(10-6-19)34-36-23-13-14-28(40)27(15-23)33(42)43;;;/h2-17,31,40H,1H3,(H,42,43)(H,44,45,46)(H,47,48,49);;;/q;3*+1/p-3. The van der Waals surface area contributed by atoms with Gasteiger partial charge in [0.15, 0.2) is 6.04 Å². The number of aromatic carboxylic acids is 1. The van der Waals surface area contributed by atoms with Crippen LogP contribution in [-0.2, 0) is 25.0 Å². The number of hydrogen-bond acceptors (Lipinski definition) is 14. The fraction of sp³-hybridized carbons (Fsp3) is 0.0606. The number of hydrogen-bond donors (Lipinski definition) is 1. The van der Waals surface area contributed by atoms with E-state index in [1.807, 2.05) is 0 Å². The minimum atomic E-state index is -5.19. The van der Waals surface area contributed by atoms with Crippen LogP contribution in [0.1, 0.15) is 17.3 Å². The molecule has 0 spiro atoms. The van der Waals surface area contributed by atoms with Gasteiger partial charge in [0, 0.05) is 10.8 Å². The first-order valence-corrected chi connectivity index (χ1v) is 17.4. The summed E-state index contributed by atoms with van der Waals surface area (Å²) in [6.07, 6.45) is 0. The third-order valence-electron chi connectivity index (χ3n) is 7.61. The van der Waals surface area contributed by atoms with E-state index in [1.165, 1.54) is 19.1 Å². The SMILES string of the molecule is CC1=NN(c2cc(S(=O)(=O)[O-])c3cccc(S(=O)(=O)[O-])c3c2)C(=O)C1N=Nc1ccc(-c2ccc(N=Nc3ccc([O-])c(C(=O)O)c3)cc2)cc1.[Na+].[Na+].[Na+]. The molecule has 0 aromatic heterocycles. The number of azo groups is 2. The maximum atomic E-state index is 13.4. The van der Waals surface area contributed by atoms with E-state index < -0.39 is 59.3 Å². The molecule has 5 aromatic rings. The first-order valence-electron chi connectivity index (χ1n) is 14.6. The molecule has 21 heteroatoms. The van der Waals surface area contributed by atoms with Gasteiger partial charge in [-0.2, -0.15) is 30.6 Å². The van der Waals surface area contributed by atoms with Crippen LogP contribution < -0.4 is 98.8 Å². The average molecular weight is 795 g/mol. The molecule has 1 aliphatic heterocycles. The predicted molar refractivity (Wildman–Crippen MR) is 178 cm³/mol. The van der Waals surface area contributed by atoms with Crippen LogP contribution in [0.2, 0.25) is 0 Å². The molecule has 258 valence electrons. The molecule has 0 radical (unpaired) electrons. The second-order valence-corrected chi connectivity index (χ2v) is 13.7. The van der Waals surface area contributed by atoms with Crippen molar-refractivity contribution in [1.82, 2.24) is 0 Å². The van der Waals surface area contributed by atoms with Gasteiger partial charge in [-0.1, -0.05) is 48.2 Å². The zero-order chi connectivity index (χ0) is 36.7. The summed E-state index contributed by atoms with van der Waals surface area (Å²) in [5, 5.41) is 41.3. The molecular weight excluding hydrogens is 773 g/mol. The van der Waals surface area contributed by atoms with Crippen LogP contribution in [0.25, 0.3) is 21.9 Å². The van der Waals surface area contributed by atoms with Crippen molar-refractivity contribution in [2.24, 2.45) is 25.6 Å². The third-order valence-corrected chi connectivity index (χ3v) is 9.38. The Morgan fingerprint density at radius 3 is 1.81 bits per heavy atom. The van der Waals surface area contributed by atoms with Gasteiger partial charge in [0.1, 0.15) is 20.2 Å². The fourth-order valence-corrected chi connectivity index (χ4v) is 6.55. The number of carbonyl (C=O) groups is 2. The predicted octanol–water partition coefficient (Wildman–Crippen LogP) is -3.61. The number of nitrogens with zero attached hydrogens (tertiary/aromatic N) is 6.